The highest BCUT2D eigenvalue weighted by atomic mass is 16.6. The molecule has 0 aliphatic carbocycles. The van der Waals surface area contributed by atoms with Crippen molar-refractivity contribution in [1.29, 1.82) is 0 Å². The Balaban J connectivity index is 2.25. The molecule has 8 nitrogen and oxygen atoms in total. The summed E-state index contributed by atoms with van der Waals surface area (Å²) in [5.41, 5.74) is -0.409. The van der Waals surface area contributed by atoms with E-state index in [-0.39, 0.29) is 23.5 Å². The molecule has 0 spiro atoms. The van der Waals surface area contributed by atoms with Crippen LogP contribution in [0.5, 0.6) is 5.75 Å². The van der Waals surface area contributed by atoms with Gasteiger partial charge in [-0.1, -0.05) is 6.07 Å². The van der Waals surface area contributed by atoms with Gasteiger partial charge in [0.1, 0.15) is 11.6 Å². The summed E-state index contributed by atoms with van der Waals surface area (Å²) in [4.78, 5) is 29.2. The molecular weight excluding hydrogens is 264 g/mol. The van der Waals surface area contributed by atoms with Crippen LogP contribution in [0.4, 0.5) is 5.69 Å². The van der Waals surface area contributed by atoms with Crippen molar-refractivity contribution in [2.24, 2.45) is 0 Å². The number of imidazole rings is 1. The third-order valence-electron chi connectivity index (χ3n) is 2.62. The van der Waals surface area contributed by atoms with Gasteiger partial charge in [0.05, 0.1) is 18.6 Å². The number of nitrogens with one attached hydrogen (secondary N) is 2. The van der Waals surface area contributed by atoms with E-state index in [2.05, 4.69) is 15.3 Å². The van der Waals surface area contributed by atoms with Gasteiger partial charge in [0.15, 0.2) is 5.56 Å². The average Bonchev–Trinajstić information content (AvgIpc) is 2.97. The van der Waals surface area contributed by atoms with Crippen molar-refractivity contribution in [2.45, 2.75) is 6.54 Å². The number of nitro benzene ring substituents is 1. The van der Waals surface area contributed by atoms with Crippen molar-refractivity contribution < 1.29 is 14.5 Å². The fourth-order valence-electron chi connectivity index (χ4n) is 1.72. The van der Waals surface area contributed by atoms with E-state index in [0.717, 1.165) is 0 Å². The second-order valence-electron chi connectivity index (χ2n) is 3.83. The zero-order valence-corrected chi connectivity index (χ0v) is 10.6. The summed E-state index contributed by atoms with van der Waals surface area (Å²) in [5.74, 6) is 0.109. The Hall–Kier alpha value is -2.90. The molecule has 1 heterocycles. The zero-order chi connectivity index (χ0) is 14.5. The molecule has 8 heteroatoms. The minimum absolute atomic E-state index is 0.105. The molecule has 0 fully saturated rings. The third-order valence-corrected chi connectivity index (χ3v) is 2.62. The van der Waals surface area contributed by atoms with Gasteiger partial charge in [-0.05, 0) is 6.07 Å². The van der Waals surface area contributed by atoms with Crippen LogP contribution in [-0.2, 0) is 6.54 Å². The molecule has 0 aliphatic rings. The number of aromatic nitrogens is 2. The lowest BCUT2D eigenvalue weighted by atomic mass is 10.1. The summed E-state index contributed by atoms with van der Waals surface area (Å²) < 4.78 is 5.01. The van der Waals surface area contributed by atoms with Gasteiger partial charge in [-0.2, -0.15) is 0 Å². The highest BCUT2D eigenvalue weighted by Crippen LogP contribution is 2.27. The standard InChI is InChI=1S/C12H12N4O4/c1-20-9-4-2-3-8(16(18)19)11(9)12(17)15-7-10-13-5-6-14-10/h2-6H,7H2,1H3,(H,13,14)(H,15,17). The first kappa shape index (κ1) is 13.5. The highest BCUT2D eigenvalue weighted by molar-refractivity contribution is 6.00. The second-order valence-corrected chi connectivity index (χ2v) is 3.83. The monoisotopic (exact) mass is 276 g/mol. The Kier molecular flexibility index (Phi) is 3.94. The van der Waals surface area contributed by atoms with Gasteiger partial charge in [-0.3, -0.25) is 14.9 Å². The van der Waals surface area contributed by atoms with E-state index >= 15 is 0 Å². The molecule has 0 bridgehead atoms. The minimum Gasteiger partial charge on any atom is -0.496 e. The van der Waals surface area contributed by atoms with Crippen LogP contribution in [0.3, 0.4) is 0 Å². The molecule has 20 heavy (non-hydrogen) atoms. The molecule has 0 saturated carbocycles. The first-order valence-electron chi connectivity index (χ1n) is 5.71. The number of methoxy groups -OCH3 is 1. The van der Waals surface area contributed by atoms with E-state index < -0.39 is 10.8 Å². The molecule has 0 aliphatic heterocycles. The molecule has 2 aromatic rings. The minimum atomic E-state index is -0.621. The molecule has 1 amide bonds. The number of carbonyl (C=O) groups excluding carboxylic acids is 1. The number of carbonyl (C=O) groups is 1. The van der Waals surface area contributed by atoms with Gasteiger partial charge in [-0.25, -0.2) is 4.98 Å². The van der Waals surface area contributed by atoms with Crippen molar-refractivity contribution in [3.63, 3.8) is 0 Å². The number of ether oxygens (including phenoxy) is 1. The lowest BCUT2D eigenvalue weighted by Crippen LogP contribution is -2.24. The fourth-order valence-corrected chi connectivity index (χ4v) is 1.72. The highest BCUT2D eigenvalue weighted by Gasteiger charge is 2.24. The van der Waals surface area contributed by atoms with E-state index in [9.17, 15) is 14.9 Å². The van der Waals surface area contributed by atoms with Gasteiger partial charge in [0.25, 0.3) is 11.6 Å². The molecule has 0 atom stereocenters. The van der Waals surface area contributed by atoms with Crippen LogP contribution < -0.4 is 10.1 Å². The van der Waals surface area contributed by atoms with E-state index in [1.165, 1.54) is 25.3 Å². The van der Waals surface area contributed by atoms with Crippen LogP contribution in [0, 0.1) is 10.1 Å². The number of nitrogens with zero attached hydrogens (tertiary/aromatic N) is 2. The molecule has 1 aromatic heterocycles. The Morgan fingerprint density at radius 2 is 2.35 bits per heavy atom. The van der Waals surface area contributed by atoms with E-state index in [0.29, 0.717) is 5.82 Å². The number of benzene rings is 1. The molecule has 0 saturated heterocycles. The topological polar surface area (TPSA) is 110 Å². The van der Waals surface area contributed by atoms with Gasteiger partial charge in [0.2, 0.25) is 0 Å². The fraction of sp³-hybridized carbons (Fsp3) is 0.167. The van der Waals surface area contributed by atoms with Crippen LogP contribution in [0.1, 0.15) is 16.2 Å². The number of amides is 1. The Bertz CT molecular complexity index is 624. The molecule has 1 aromatic carbocycles. The Morgan fingerprint density at radius 3 is 2.95 bits per heavy atom. The third kappa shape index (κ3) is 2.74. The number of rotatable bonds is 5. The number of H-pyrrole nitrogens is 1. The predicted molar refractivity (Wildman–Crippen MR) is 69.4 cm³/mol. The molecule has 0 unspecified atom stereocenters. The molecule has 0 radical (unpaired) electrons. The van der Waals surface area contributed by atoms with Crippen LogP contribution in [-0.4, -0.2) is 27.9 Å². The van der Waals surface area contributed by atoms with Crippen molar-refractivity contribution in [3.8, 4) is 5.75 Å². The molecule has 2 rings (SSSR count). The Morgan fingerprint density at radius 1 is 1.55 bits per heavy atom. The van der Waals surface area contributed by atoms with Gasteiger partial charge in [-0.15, -0.1) is 0 Å². The summed E-state index contributed by atoms with van der Waals surface area (Å²) in [6, 6.07) is 4.21. The molecule has 104 valence electrons. The maximum Gasteiger partial charge on any atom is 0.285 e. The van der Waals surface area contributed by atoms with Crippen molar-refractivity contribution in [1.82, 2.24) is 15.3 Å². The maximum atomic E-state index is 12.1. The van der Waals surface area contributed by atoms with Gasteiger partial charge >= 0.3 is 0 Å². The smallest absolute Gasteiger partial charge is 0.285 e. The SMILES string of the molecule is COc1cccc([N+](=O)[O-])c1C(=O)NCc1ncc[nH]1. The first-order chi connectivity index (χ1) is 9.63. The summed E-state index contributed by atoms with van der Waals surface area (Å²) in [6.45, 7) is 0.140. The quantitative estimate of drug-likeness (QED) is 0.631. The maximum absolute atomic E-state index is 12.1. The first-order valence-corrected chi connectivity index (χ1v) is 5.71. The summed E-state index contributed by atoms with van der Waals surface area (Å²) >= 11 is 0. The van der Waals surface area contributed by atoms with Crippen LogP contribution >= 0.6 is 0 Å². The number of hydrogen-bond donors (Lipinski definition) is 2. The molecular formula is C12H12N4O4. The summed E-state index contributed by atoms with van der Waals surface area (Å²) in [7, 11) is 1.35. The second kappa shape index (κ2) is 5.83. The van der Waals surface area contributed by atoms with Gasteiger partial charge in [0, 0.05) is 18.5 Å². The largest absolute Gasteiger partial charge is 0.496 e. The van der Waals surface area contributed by atoms with E-state index in [1.54, 1.807) is 12.4 Å². The van der Waals surface area contributed by atoms with Crippen molar-refractivity contribution >= 4 is 11.6 Å². The number of nitro groups is 1. The lowest BCUT2D eigenvalue weighted by molar-refractivity contribution is -0.385. The zero-order valence-electron chi connectivity index (χ0n) is 10.6. The predicted octanol–water partition coefficient (Wildman–Crippen LogP) is 1.26. The summed E-state index contributed by atoms with van der Waals surface area (Å²) in [5, 5.41) is 13.5. The normalized spacial score (nSPS) is 10.1. The van der Waals surface area contributed by atoms with Crippen LogP contribution in [0.15, 0.2) is 30.6 Å². The van der Waals surface area contributed by atoms with Crippen LogP contribution in [0.25, 0.3) is 0 Å². The van der Waals surface area contributed by atoms with E-state index in [1.807, 2.05) is 0 Å². The molecule has 2 N–H and O–H groups in total. The average molecular weight is 276 g/mol. The Labute approximate surface area is 113 Å². The van der Waals surface area contributed by atoms with Crippen molar-refractivity contribution in [3.05, 3.63) is 52.1 Å². The number of hydrogen-bond acceptors (Lipinski definition) is 5. The number of aromatic amines is 1. The lowest BCUT2D eigenvalue weighted by Gasteiger charge is -2.08. The van der Waals surface area contributed by atoms with Crippen molar-refractivity contribution in [2.75, 3.05) is 7.11 Å². The van der Waals surface area contributed by atoms with Gasteiger partial charge < -0.3 is 15.0 Å². The summed E-state index contributed by atoms with van der Waals surface area (Å²) in [6.07, 6.45) is 3.17. The van der Waals surface area contributed by atoms with Crippen LogP contribution in [0.2, 0.25) is 0 Å². The van der Waals surface area contributed by atoms with E-state index in [4.69, 9.17) is 4.74 Å².